The smallest absolute Gasteiger partial charge is 0.262 e. The van der Waals surface area contributed by atoms with E-state index in [-0.39, 0.29) is 25.0 Å². The number of hydrogen-bond acceptors (Lipinski definition) is 4. The lowest BCUT2D eigenvalue weighted by molar-refractivity contribution is -0.118. The maximum absolute atomic E-state index is 12.2. The first kappa shape index (κ1) is 18.5. The largest absolute Gasteiger partial charge is 0.484 e. The number of hydrogen-bond donors (Lipinski definition) is 3. The first-order valence-electron chi connectivity index (χ1n) is 8.14. The minimum absolute atomic E-state index is 0.120. The summed E-state index contributed by atoms with van der Waals surface area (Å²) in [6.45, 7) is 3.71. The normalized spacial score (nSPS) is 10.2. The van der Waals surface area contributed by atoms with Gasteiger partial charge >= 0.3 is 0 Å². The second kappa shape index (κ2) is 8.84. The highest BCUT2D eigenvalue weighted by Gasteiger charge is 2.10. The Morgan fingerprint density at radius 1 is 1.04 bits per heavy atom. The molecule has 0 fully saturated rings. The molecule has 0 aliphatic carbocycles. The van der Waals surface area contributed by atoms with E-state index in [0.29, 0.717) is 17.1 Å². The van der Waals surface area contributed by atoms with Crippen molar-refractivity contribution < 1.29 is 14.3 Å². The Labute approximate surface area is 147 Å². The second-order valence-electron chi connectivity index (χ2n) is 5.64. The van der Waals surface area contributed by atoms with Crippen molar-refractivity contribution in [3.63, 3.8) is 0 Å². The lowest BCUT2D eigenvalue weighted by Gasteiger charge is -2.13. The number of benzene rings is 2. The average molecular weight is 341 g/mol. The van der Waals surface area contributed by atoms with Crippen LogP contribution in [0, 0.1) is 6.92 Å². The number of anilines is 2. The Balaban J connectivity index is 2.01. The van der Waals surface area contributed by atoms with Gasteiger partial charge in [0.05, 0.1) is 17.9 Å². The molecule has 0 bridgehead atoms. The van der Waals surface area contributed by atoms with Gasteiger partial charge in [-0.3, -0.25) is 9.59 Å². The van der Waals surface area contributed by atoms with Crippen LogP contribution in [0.4, 0.5) is 11.4 Å². The quantitative estimate of drug-likeness (QED) is 0.721. The Bertz CT molecular complexity index is 759. The van der Waals surface area contributed by atoms with E-state index >= 15 is 0 Å². The van der Waals surface area contributed by atoms with Crippen LogP contribution in [-0.4, -0.2) is 25.0 Å². The molecule has 25 heavy (non-hydrogen) atoms. The summed E-state index contributed by atoms with van der Waals surface area (Å²) in [6, 6.07) is 13.0. The molecule has 0 radical (unpaired) electrons. The summed E-state index contributed by atoms with van der Waals surface area (Å²) in [5.41, 5.74) is 8.44. The maximum atomic E-state index is 12.2. The van der Waals surface area contributed by atoms with E-state index < -0.39 is 0 Å². The van der Waals surface area contributed by atoms with E-state index in [1.165, 1.54) is 0 Å². The van der Waals surface area contributed by atoms with Crippen LogP contribution in [0.2, 0.25) is 0 Å². The van der Waals surface area contributed by atoms with Crippen molar-refractivity contribution in [2.75, 3.05) is 23.8 Å². The first-order chi connectivity index (χ1) is 12.0. The van der Waals surface area contributed by atoms with Crippen LogP contribution >= 0.6 is 0 Å². The molecule has 0 unspecified atom stereocenters. The summed E-state index contributed by atoms with van der Waals surface area (Å²) in [7, 11) is 0. The number of carbonyl (C=O) groups excluding carboxylic acids is 2. The monoisotopic (exact) mass is 341 g/mol. The molecule has 4 N–H and O–H groups in total. The number of rotatable bonds is 7. The SMILES string of the molecule is CCc1cccc(OCC(=O)Nc2ccc(C)cc2NC(=O)CN)c1. The van der Waals surface area contributed by atoms with Crippen molar-refractivity contribution in [1.29, 1.82) is 0 Å². The topological polar surface area (TPSA) is 93.5 Å². The first-order valence-corrected chi connectivity index (χ1v) is 8.14. The van der Waals surface area contributed by atoms with Crippen LogP contribution in [0.3, 0.4) is 0 Å². The molecule has 6 nitrogen and oxygen atoms in total. The van der Waals surface area contributed by atoms with Gasteiger partial charge in [-0.25, -0.2) is 0 Å². The number of nitrogens with one attached hydrogen (secondary N) is 2. The van der Waals surface area contributed by atoms with Gasteiger partial charge in [0.15, 0.2) is 6.61 Å². The van der Waals surface area contributed by atoms with Gasteiger partial charge in [-0.15, -0.1) is 0 Å². The summed E-state index contributed by atoms with van der Waals surface area (Å²) in [5.74, 6) is 0.0118. The molecule has 0 aliphatic heterocycles. The molecule has 2 rings (SSSR count). The third kappa shape index (κ3) is 5.61. The van der Waals surface area contributed by atoms with Crippen molar-refractivity contribution in [2.24, 2.45) is 5.73 Å². The zero-order chi connectivity index (χ0) is 18.2. The highest BCUT2D eigenvalue weighted by Crippen LogP contribution is 2.23. The van der Waals surface area contributed by atoms with Gasteiger partial charge in [0.25, 0.3) is 5.91 Å². The molecule has 0 saturated heterocycles. The summed E-state index contributed by atoms with van der Waals surface area (Å²) in [4.78, 5) is 23.7. The lowest BCUT2D eigenvalue weighted by Crippen LogP contribution is -2.24. The molecule has 0 spiro atoms. The molecule has 0 aromatic heterocycles. The van der Waals surface area contributed by atoms with E-state index in [1.54, 1.807) is 12.1 Å². The summed E-state index contributed by atoms with van der Waals surface area (Å²) < 4.78 is 5.53. The zero-order valence-corrected chi connectivity index (χ0v) is 14.5. The fraction of sp³-hybridized carbons (Fsp3) is 0.263. The number of carbonyl (C=O) groups is 2. The predicted octanol–water partition coefficient (Wildman–Crippen LogP) is 2.47. The molecule has 132 valence electrons. The van der Waals surface area contributed by atoms with Gasteiger partial charge < -0.3 is 21.1 Å². The van der Waals surface area contributed by atoms with Crippen molar-refractivity contribution in [3.8, 4) is 5.75 Å². The highest BCUT2D eigenvalue weighted by molar-refractivity contribution is 6.00. The van der Waals surface area contributed by atoms with Gasteiger partial charge in [0.1, 0.15) is 5.75 Å². The lowest BCUT2D eigenvalue weighted by atomic mass is 10.2. The second-order valence-corrected chi connectivity index (χ2v) is 5.64. The van der Waals surface area contributed by atoms with Gasteiger partial charge in [0.2, 0.25) is 5.91 Å². The van der Waals surface area contributed by atoms with Crippen LogP contribution in [0.25, 0.3) is 0 Å². The van der Waals surface area contributed by atoms with E-state index in [4.69, 9.17) is 10.5 Å². The van der Waals surface area contributed by atoms with Crippen LogP contribution in [-0.2, 0) is 16.0 Å². The molecule has 6 heteroatoms. The fourth-order valence-corrected chi connectivity index (χ4v) is 2.26. The Morgan fingerprint density at radius 2 is 1.80 bits per heavy atom. The van der Waals surface area contributed by atoms with Crippen molar-refractivity contribution in [1.82, 2.24) is 0 Å². The molecule has 0 saturated carbocycles. The highest BCUT2D eigenvalue weighted by atomic mass is 16.5. The average Bonchev–Trinajstić information content (AvgIpc) is 2.62. The molecule has 0 heterocycles. The molecule has 2 aromatic carbocycles. The molecule has 2 amide bonds. The van der Waals surface area contributed by atoms with Gasteiger partial charge in [-0.2, -0.15) is 0 Å². The summed E-state index contributed by atoms with van der Waals surface area (Å²) in [6.07, 6.45) is 0.900. The molecule has 2 aromatic rings. The predicted molar refractivity (Wildman–Crippen MR) is 98.8 cm³/mol. The number of aryl methyl sites for hydroxylation is 2. The van der Waals surface area contributed by atoms with E-state index in [9.17, 15) is 9.59 Å². The van der Waals surface area contributed by atoms with Crippen LogP contribution in [0.5, 0.6) is 5.75 Å². The van der Waals surface area contributed by atoms with Crippen molar-refractivity contribution in [3.05, 3.63) is 53.6 Å². The maximum Gasteiger partial charge on any atom is 0.262 e. The minimum atomic E-state index is -0.325. The van der Waals surface area contributed by atoms with E-state index in [2.05, 4.69) is 17.6 Å². The van der Waals surface area contributed by atoms with Gasteiger partial charge in [0, 0.05) is 0 Å². The summed E-state index contributed by atoms with van der Waals surface area (Å²) in [5, 5.41) is 5.42. The standard InChI is InChI=1S/C19H23N3O3/c1-3-14-5-4-6-15(10-14)25-12-19(24)21-16-8-7-13(2)9-17(16)22-18(23)11-20/h4-10H,3,11-12,20H2,1-2H3,(H,21,24)(H,22,23). The number of nitrogens with two attached hydrogens (primary N) is 1. The van der Waals surface area contributed by atoms with E-state index in [1.807, 2.05) is 37.3 Å². The van der Waals surface area contributed by atoms with Crippen molar-refractivity contribution in [2.45, 2.75) is 20.3 Å². The minimum Gasteiger partial charge on any atom is -0.484 e. The fourth-order valence-electron chi connectivity index (χ4n) is 2.26. The van der Waals surface area contributed by atoms with Gasteiger partial charge in [-0.1, -0.05) is 25.1 Å². The van der Waals surface area contributed by atoms with Crippen LogP contribution in [0.1, 0.15) is 18.1 Å². The summed E-state index contributed by atoms with van der Waals surface area (Å²) >= 11 is 0. The van der Waals surface area contributed by atoms with Crippen molar-refractivity contribution >= 4 is 23.2 Å². The Kier molecular flexibility index (Phi) is 6.54. The van der Waals surface area contributed by atoms with Crippen LogP contribution in [0.15, 0.2) is 42.5 Å². The number of amides is 2. The Hall–Kier alpha value is -2.86. The zero-order valence-electron chi connectivity index (χ0n) is 14.5. The molecular weight excluding hydrogens is 318 g/mol. The van der Waals surface area contributed by atoms with Crippen LogP contribution < -0.4 is 21.1 Å². The van der Waals surface area contributed by atoms with E-state index in [0.717, 1.165) is 17.5 Å². The molecule has 0 aliphatic rings. The van der Waals surface area contributed by atoms with Gasteiger partial charge in [-0.05, 0) is 48.7 Å². The third-order valence-corrected chi connectivity index (χ3v) is 3.59. The number of ether oxygens (including phenoxy) is 1. The Morgan fingerprint density at radius 3 is 2.52 bits per heavy atom. The molecular formula is C19H23N3O3. The molecule has 0 atom stereocenters. The third-order valence-electron chi connectivity index (χ3n) is 3.59.